The van der Waals surface area contributed by atoms with Crippen LogP contribution >= 0.6 is 12.2 Å². The van der Waals surface area contributed by atoms with Crippen molar-refractivity contribution in [1.29, 1.82) is 0 Å². The molecule has 0 atom stereocenters. The second kappa shape index (κ2) is 6.30. The minimum absolute atomic E-state index is 0.145. The summed E-state index contributed by atoms with van der Waals surface area (Å²) in [6.45, 7) is 0. The van der Waals surface area contributed by atoms with Crippen LogP contribution in [0.15, 0.2) is 29.2 Å². The SMILES string of the molecule is NC(=S)c1ccc(S(=O)(=O)NC2CCS(=O)CC2)cc1. The quantitative estimate of drug-likeness (QED) is 0.784. The molecule has 0 unspecified atom stereocenters. The molecular weight excluding hydrogens is 316 g/mol. The highest BCUT2D eigenvalue weighted by Gasteiger charge is 2.23. The van der Waals surface area contributed by atoms with E-state index >= 15 is 0 Å². The highest BCUT2D eigenvalue weighted by atomic mass is 32.2. The first-order chi connectivity index (χ1) is 9.38. The molecule has 1 saturated heterocycles. The lowest BCUT2D eigenvalue weighted by Crippen LogP contribution is -2.39. The van der Waals surface area contributed by atoms with Gasteiger partial charge in [0.15, 0.2) is 0 Å². The van der Waals surface area contributed by atoms with Crippen molar-refractivity contribution in [2.24, 2.45) is 5.73 Å². The summed E-state index contributed by atoms with van der Waals surface area (Å²) in [5, 5.41) is 0. The normalized spacial score (nSPS) is 23.4. The van der Waals surface area contributed by atoms with Crippen molar-refractivity contribution < 1.29 is 12.6 Å². The van der Waals surface area contributed by atoms with E-state index in [1.807, 2.05) is 0 Å². The van der Waals surface area contributed by atoms with E-state index in [0.717, 1.165) is 0 Å². The van der Waals surface area contributed by atoms with Crippen LogP contribution in [-0.2, 0) is 20.8 Å². The van der Waals surface area contributed by atoms with Crippen LogP contribution < -0.4 is 10.5 Å². The van der Waals surface area contributed by atoms with Crippen LogP contribution in [0.25, 0.3) is 0 Å². The fourth-order valence-electron chi connectivity index (χ4n) is 2.00. The molecule has 3 N–H and O–H groups in total. The molecule has 1 aliphatic rings. The number of nitrogens with one attached hydrogen (secondary N) is 1. The van der Waals surface area contributed by atoms with Crippen LogP contribution in [0.5, 0.6) is 0 Å². The zero-order valence-corrected chi connectivity index (χ0v) is 13.2. The van der Waals surface area contributed by atoms with Gasteiger partial charge in [-0.05, 0) is 25.0 Å². The largest absolute Gasteiger partial charge is 0.389 e. The van der Waals surface area contributed by atoms with Crippen LogP contribution in [0.3, 0.4) is 0 Å². The Balaban J connectivity index is 2.10. The van der Waals surface area contributed by atoms with Gasteiger partial charge in [0.1, 0.15) is 4.99 Å². The van der Waals surface area contributed by atoms with Gasteiger partial charge in [-0.1, -0.05) is 24.4 Å². The molecule has 5 nitrogen and oxygen atoms in total. The second-order valence-electron chi connectivity index (χ2n) is 4.63. The summed E-state index contributed by atoms with van der Waals surface area (Å²) >= 11 is 4.82. The predicted molar refractivity (Wildman–Crippen MR) is 83.5 cm³/mol. The number of sulfonamides is 1. The molecular formula is C12H16N2O3S3. The van der Waals surface area contributed by atoms with Gasteiger partial charge in [0.05, 0.1) is 4.90 Å². The molecule has 0 saturated carbocycles. The molecule has 1 aromatic rings. The van der Waals surface area contributed by atoms with Crippen LogP contribution in [0.2, 0.25) is 0 Å². The molecule has 0 radical (unpaired) electrons. The maximum absolute atomic E-state index is 12.2. The summed E-state index contributed by atoms with van der Waals surface area (Å²) in [6, 6.07) is 6.00. The summed E-state index contributed by atoms with van der Waals surface area (Å²) in [5.41, 5.74) is 6.10. The molecule has 0 amide bonds. The number of rotatable bonds is 4. The third-order valence-electron chi connectivity index (χ3n) is 3.16. The van der Waals surface area contributed by atoms with E-state index in [4.69, 9.17) is 18.0 Å². The molecule has 20 heavy (non-hydrogen) atoms. The Morgan fingerprint density at radius 2 is 1.80 bits per heavy atom. The van der Waals surface area contributed by atoms with Gasteiger partial charge in [-0.15, -0.1) is 0 Å². The van der Waals surface area contributed by atoms with E-state index in [-0.39, 0.29) is 15.9 Å². The number of hydrogen-bond donors (Lipinski definition) is 2. The molecule has 0 bridgehead atoms. The molecule has 8 heteroatoms. The van der Waals surface area contributed by atoms with Gasteiger partial charge in [0.25, 0.3) is 0 Å². The highest BCUT2D eigenvalue weighted by Crippen LogP contribution is 2.15. The first-order valence-electron chi connectivity index (χ1n) is 6.15. The Morgan fingerprint density at radius 1 is 1.25 bits per heavy atom. The third kappa shape index (κ3) is 3.85. The number of benzene rings is 1. The Bertz CT molecular complexity index is 616. The maximum Gasteiger partial charge on any atom is 0.240 e. The van der Waals surface area contributed by atoms with Gasteiger partial charge in [0.2, 0.25) is 10.0 Å². The smallest absolute Gasteiger partial charge is 0.240 e. The van der Waals surface area contributed by atoms with Gasteiger partial charge >= 0.3 is 0 Å². The molecule has 1 aliphatic heterocycles. The van der Waals surface area contributed by atoms with Gasteiger partial charge in [-0.2, -0.15) is 0 Å². The predicted octanol–water partition coefficient (Wildman–Crippen LogP) is 0.510. The molecule has 110 valence electrons. The Hall–Kier alpha value is -0.830. The van der Waals surface area contributed by atoms with Crippen LogP contribution in [0.1, 0.15) is 18.4 Å². The summed E-state index contributed by atoms with van der Waals surface area (Å²) < 4.78 is 38.3. The first kappa shape index (κ1) is 15.6. The molecule has 1 heterocycles. The van der Waals surface area contributed by atoms with Gasteiger partial charge in [-0.3, -0.25) is 4.21 Å². The monoisotopic (exact) mass is 332 g/mol. The maximum atomic E-state index is 12.2. The fourth-order valence-corrected chi connectivity index (χ4v) is 4.74. The highest BCUT2D eigenvalue weighted by molar-refractivity contribution is 7.89. The van der Waals surface area contributed by atoms with E-state index < -0.39 is 20.8 Å². The van der Waals surface area contributed by atoms with Crippen molar-refractivity contribution in [3.05, 3.63) is 29.8 Å². The van der Waals surface area contributed by atoms with Crippen molar-refractivity contribution in [2.45, 2.75) is 23.8 Å². The van der Waals surface area contributed by atoms with E-state index in [9.17, 15) is 12.6 Å². The molecule has 0 aromatic heterocycles. The summed E-state index contributed by atoms with van der Waals surface area (Å²) in [4.78, 5) is 0.417. The molecule has 0 aliphatic carbocycles. The number of hydrogen-bond acceptors (Lipinski definition) is 4. The molecule has 1 fully saturated rings. The summed E-state index contributed by atoms with van der Waals surface area (Å²) in [5.74, 6) is 1.10. The van der Waals surface area contributed by atoms with E-state index in [0.29, 0.717) is 29.9 Å². The van der Waals surface area contributed by atoms with E-state index in [1.54, 1.807) is 12.1 Å². The Kier molecular flexibility index (Phi) is 4.90. The lowest BCUT2D eigenvalue weighted by molar-refractivity contribution is 0.522. The Labute approximate surface area is 126 Å². The molecule has 2 rings (SSSR count). The zero-order valence-electron chi connectivity index (χ0n) is 10.7. The van der Waals surface area contributed by atoms with Crippen molar-refractivity contribution in [1.82, 2.24) is 4.72 Å². The van der Waals surface area contributed by atoms with Crippen molar-refractivity contribution in [3.63, 3.8) is 0 Å². The lowest BCUT2D eigenvalue weighted by atomic mass is 10.2. The Morgan fingerprint density at radius 3 is 2.30 bits per heavy atom. The zero-order chi connectivity index (χ0) is 14.8. The summed E-state index contributed by atoms with van der Waals surface area (Å²) in [6.07, 6.45) is 1.22. The van der Waals surface area contributed by atoms with Crippen molar-refractivity contribution >= 4 is 38.0 Å². The van der Waals surface area contributed by atoms with Gasteiger partial charge in [-0.25, -0.2) is 13.1 Å². The first-order valence-corrected chi connectivity index (χ1v) is 9.53. The van der Waals surface area contributed by atoms with Crippen LogP contribution in [0, 0.1) is 0 Å². The topological polar surface area (TPSA) is 89.3 Å². The molecule has 0 spiro atoms. The minimum Gasteiger partial charge on any atom is -0.389 e. The van der Waals surface area contributed by atoms with E-state index in [2.05, 4.69) is 4.72 Å². The number of nitrogens with two attached hydrogens (primary N) is 1. The second-order valence-corrected chi connectivity index (χ2v) is 8.48. The van der Waals surface area contributed by atoms with Crippen molar-refractivity contribution in [3.8, 4) is 0 Å². The lowest BCUT2D eigenvalue weighted by Gasteiger charge is -2.22. The van der Waals surface area contributed by atoms with Gasteiger partial charge < -0.3 is 5.73 Å². The standard InChI is InChI=1S/C12H16N2O3S3/c13-12(18)9-1-3-11(4-2-9)20(16,17)14-10-5-7-19(15)8-6-10/h1-4,10,14H,5-8H2,(H2,13,18). The van der Waals surface area contributed by atoms with Gasteiger partial charge in [0, 0.05) is 33.9 Å². The minimum atomic E-state index is -3.55. The average Bonchev–Trinajstić information content (AvgIpc) is 2.41. The third-order valence-corrected chi connectivity index (χ3v) is 6.31. The van der Waals surface area contributed by atoms with Crippen LogP contribution in [-0.4, -0.2) is 35.2 Å². The average molecular weight is 332 g/mol. The summed E-state index contributed by atoms with van der Waals surface area (Å²) in [7, 11) is -4.36. The van der Waals surface area contributed by atoms with Crippen LogP contribution in [0.4, 0.5) is 0 Å². The number of thiocarbonyl (C=S) groups is 1. The van der Waals surface area contributed by atoms with Crippen molar-refractivity contribution in [2.75, 3.05) is 11.5 Å². The van der Waals surface area contributed by atoms with E-state index in [1.165, 1.54) is 12.1 Å². The molecule has 1 aromatic carbocycles. The fraction of sp³-hybridized carbons (Fsp3) is 0.417.